The molecule has 1 fully saturated rings. The number of benzene rings is 1. The number of pyridine rings is 1. The van der Waals surface area contributed by atoms with E-state index in [4.69, 9.17) is 9.47 Å². The van der Waals surface area contributed by atoms with Crippen LogP contribution in [-0.4, -0.2) is 41.0 Å². The number of amides is 1. The molecule has 1 unspecified atom stereocenters. The lowest BCUT2D eigenvalue weighted by molar-refractivity contribution is -0.272. The van der Waals surface area contributed by atoms with Crippen molar-refractivity contribution in [2.24, 2.45) is 5.92 Å². The molecule has 2 N–H and O–H groups in total. The van der Waals surface area contributed by atoms with E-state index in [0.29, 0.717) is 0 Å². The molecule has 0 bridgehead atoms. The van der Waals surface area contributed by atoms with Gasteiger partial charge < -0.3 is 19.9 Å². The summed E-state index contributed by atoms with van der Waals surface area (Å²) in [6, 6.07) is 4.59. The molecule has 2 heterocycles. The number of aliphatic hydroxyl groups is 1. The molecule has 0 aliphatic carbocycles. The quantitative estimate of drug-likeness (QED) is 0.624. The molecule has 3 rings (SSSR count). The van der Waals surface area contributed by atoms with Gasteiger partial charge in [-0.3, -0.25) is 9.78 Å². The van der Waals surface area contributed by atoms with Crippen LogP contribution in [0.25, 0.3) is 0 Å². The highest BCUT2D eigenvalue weighted by atomic mass is 19.4. The van der Waals surface area contributed by atoms with E-state index < -0.39 is 59.1 Å². The maximum Gasteiger partial charge on any atom is 0.417 e. The van der Waals surface area contributed by atoms with Crippen molar-refractivity contribution in [2.45, 2.75) is 50.7 Å². The molecule has 0 radical (unpaired) electrons. The molecule has 33 heavy (non-hydrogen) atoms. The monoisotopic (exact) mass is 474 g/mol. The van der Waals surface area contributed by atoms with Crippen molar-refractivity contribution in [1.29, 1.82) is 0 Å². The Hall–Kier alpha value is -2.79. The minimum atomic E-state index is -4.86. The first-order valence-corrected chi connectivity index (χ1v) is 10.0. The Balaban J connectivity index is 2.07. The van der Waals surface area contributed by atoms with Gasteiger partial charge in [0.15, 0.2) is 17.2 Å². The predicted molar refractivity (Wildman–Crippen MR) is 108 cm³/mol. The molecule has 1 amide bonds. The molecule has 180 valence electrons. The van der Waals surface area contributed by atoms with Crippen molar-refractivity contribution < 1.29 is 41.3 Å². The number of hydrogen-bond acceptors (Lipinski definition) is 5. The van der Waals surface area contributed by atoms with Crippen LogP contribution in [0.2, 0.25) is 0 Å². The number of halogens is 5. The molecular formula is C22H23F5N2O4. The van der Waals surface area contributed by atoms with Gasteiger partial charge in [0.05, 0.1) is 18.9 Å². The van der Waals surface area contributed by atoms with Gasteiger partial charge in [-0.2, -0.15) is 17.6 Å². The van der Waals surface area contributed by atoms with Crippen LogP contribution in [0.4, 0.5) is 27.6 Å². The molecule has 11 heteroatoms. The zero-order valence-corrected chi connectivity index (χ0v) is 18.2. The number of hydrogen-bond donors (Lipinski definition) is 2. The lowest BCUT2D eigenvalue weighted by Gasteiger charge is -2.32. The van der Waals surface area contributed by atoms with Crippen LogP contribution < -0.4 is 10.1 Å². The maximum absolute atomic E-state index is 14.4. The Morgan fingerprint density at radius 3 is 2.55 bits per heavy atom. The number of ether oxygens (including phenoxy) is 2. The van der Waals surface area contributed by atoms with Crippen molar-refractivity contribution in [3.05, 3.63) is 53.4 Å². The van der Waals surface area contributed by atoms with Crippen molar-refractivity contribution in [2.75, 3.05) is 12.4 Å². The minimum Gasteiger partial charge on any atom is -0.493 e. The number of rotatable bonds is 5. The van der Waals surface area contributed by atoms with E-state index in [-0.39, 0.29) is 16.9 Å². The third-order valence-corrected chi connectivity index (χ3v) is 6.05. The number of nitrogens with zero attached hydrogens (tertiary/aromatic N) is 1. The predicted octanol–water partition coefficient (Wildman–Crippen LogP) is 4.50. The van der Waals surface area contributed by atoms with Gasteiger partial charge in [-0.1, -0.05) is 13.0 Å². The summed E-state index contributed by atoms with van der Waals surface area (Å²) in [6.07, 6.45) is -6.21. The molecular weight excluding hydrogens is 451 g/mol. The van der Waals surface area contributed by atoms with Crippen LogP contribution in [-0.2, 0) is 9.53 Å². The Bertz CT molecular complexity index is 1050. The third kappa shape index (κ3) is 4.39. The average molecular weight is 474 g/mol. The van der Waals surface area contributed by atoms with Crippen LogP contribution in [0.5, 0.6) is 5.75 Å². The number of aliphatic hydroxyl groups excluding tert-OH is 1. The smallest absolute Gasteiger partial charge is 0.417 e. The minimum absolute atomic E-state index is 0.128. The number of carbonyl (C=O) groups is 1. The highest BCUT2D eigenvalue weighted by Crippen LogP contribution is 2.55. The van der Waals surface area contributed by atoms with E-state index in [2.05, 4.69) is 10.3 Å². The van der Waals surface area contributed by atoms with Gasteiger partial charge in [0.1, 0.15) is 6.10 Å². The molecule has 2 aromatic rings. The van der Waals surface area contributed by atoms with Gasteiger partial charge in [-0.15, -0.1) is 0 Å². The molecule has 0 spiro atoms. The van der Waals surface area contributed by atoms with E-state index in [1.807, 2.05) is 0 Å². The Kier molecular flexibility index (Phi) is 6.67. The standard InChI is InChI=1S/C22H23F5N2O4/c1-10-16(13-5-6-14(23)17(24)18(13)32-4)19(33-21(10,3)22(25,26)27)20(31)29-12-7-8-28-15(9-12)11(2)30/h5-11,16,19,30H,1-4H3,(H,28,29,31)/t10-,11?,16-,19+,21+/m1/s1. The molecule has 1 aromatic heterocycles. The second kappa shape index (κ2) is 8.86. The Labute approximate surface area is 186 Å². The molecule has 0 saturated carbocycles. The van der Waals surface area contributed by atoms with Crippen molar-refractivity contribution in [1.82, 2.24) is 4.98 Å². The van der Waals surface area contributed by atoms with E-state index in [1.54, 1.807) is 0 Å². The Morgan fingerprint density at radius 1 is 1.30 bits per heavy atom. The van der Waals surface area contributed by atoms with Gasteiger partial charge in [0.2, 0.25) is 5.82 Å². The van der Waals surface area contributed by atoms with Crippen molar-refractivity contribution >= 4 is 11.6 Å². The summed E-state index contributed by atoms with van der Waals surface area (Å²) in [4.78, 5) is 17.0. The molecule has 1 aliphatic rings. The number of carbonyl (C=O) groups excluding carboxylic acids is 1. The third-order valence-electron chi connectivity index (χ3n) is 6.05. The second-order valence-electron chi connectivity index (χ2n) is 8.08. The van der Waals surface area contributed by atoms with E-state index >= 15 is 0 Å². The fraction of sp³-hybridized carbons (Fsp3) is 0.455. The maximum atomic E-state index is 14.4. The molecule has 1 aliphatic heterocycles. The SMILES string of the molecule is COc1c([C@@H]2[C@@H](C(=O)Nc3ccnc(C(C)O)c3)O[C@](C)(C(F)(F)F)[C@@H]2C)ccc(F)c1F. The zero-order chi connectivity index (χ0) is 24.7. The number of alkyl halides is 3. The first-order chi connectivity index (χ1) is 15.3. The summed E-state index contributed by atoms with van der Waals surface area (Å²) in [5.74, 6) is -6.84. The summed E-state index contributed by atoms with van der Waals surface area (Å²) in [5, 5.41) is 12.1. The van der Waals surface area contributed by atoms with E-state index in [9.17, 15) is 31.9 Å². The normalized spacial score (nSPS) is 26.2. The number of anilines is 1. The van der Waals surface area contributed by atoms with Crippen LogP contribution in [0.15, 0.2) is 30.5 Å². The van der Waals surface area contributed by atoms with Crippen LogP contribution in [0.1, 0.15) is 44.1 Å². The summed E-state index contributed by atoms with van der Waals surface area (Å²) < 4.78 is 80.2. The Morgan fingerprint density at radius 2 is 1.97 bits per heavy atom. The average Bonchev–Trinajstić information content (AvgIpc) is 3.02. The van der Waals surface area contributed by atoms with Crippen molar-refractivity contribution in [3.8, 4) is 5.75 Å². The van der Waals surface area contributed by atoms with Gasteiger partial charge in [0.25, 0.3) is 5.91 Å². The largest absolute Gasteiger partial charge is 0.493 e. The van der Waals surface area contributed by atoms with Gasteiger partial charge in [0, 0.05) is 29.3 Å². The summed E-state index contributed by atoms with van der Waals surface area (Å²) in [6.45, 7) is 3.49. The van der Waals surface area contributed by atoms with Gasteiger partial charge in [-0.25, -0.2) is 4.39 Å². The number of nitrogens with one attached hydrogen (secondary N) is 1. The first kappa shape index (κ1) is 24.8. The van der Waals surface area contributed by atoms with E-state index in [0.717, 1.165) is 26.2 Å². The summed E-state index contributed by atoms with van der Waals surface area (Å²) in [7, 11) is 1.05. The highest BCUT2D eigenvalue weighted by Gasteiger charge is 2.65. The van der Waals surface area contributed by atoms with Crippen molar-refractivity contribution in [3.63, 3.8) is 0 Å². The lowest BCUT2D eigenvalue weighted by atomic mass is 9.77. The molecule has 6 nitrogen and oxygen atoms in total. The van der Waals surface area contributed by atoms with Gasteiger partial charge >= 0.3 is 6.18 Å². The number of methoxy groups -OCH3 is 1. The van der Waals surface area contributed by atoms with E-state index in [1.165, 1.54) is 32.2 Å². The number of aromatic nitrogens is 1. The fourth-order valence-corrected chi connectivity index (χ4v) is 4.01. The van der Waals surface area contributed by atoms with Gasteiger partial charge in [-0.05, 0) is 32.0 Å². The summed E-state index contributed by atoms with van der Waals surface area (Å²) >= 11 is 0. The first-order valence-electron chi connectivity index (χ1n) is 10.0. The van der Waals surface area contributed by atoms with Crippen LogP contribution in [0, 0.1) is 17.6 Å². The molecule has 1 saturated heterocycles. The lowest BCUT2D eigenvalue weighted by Crippen LogP contribution is -2.47. The fourth-order valence-electron chi connectivity index (χ4n) is 4.01. The summed E-state index contributed by atoms with van der Waals surface area (Å²) in [5.41, 5.74) is -2.49. The molecule has 5 atom stereocenters. The highest BCUT2D eigenvalue weighted by molar-refractivity contribution is 5.95. The second-order valence-corrected chi connectivity index (χ2v) is 8.08. The zero-order valence-electron chi connectivity index (χ0n) is 18.2. The topological polar surface area (TPSA) is 80.7 Å². The van der Waals surface area contributed by atoms with Crippen LogP contribution >= 0.6 is 0 Å². The molecule has 1 aromatic carbocycles. The van der Waals surface area contributed by atoms with Crippen LogP contribution in [0.3, 0.4) is 0 Å².